The van der Waals surface area contributed by atoms with Crippen LogP contribution in [0.5, 0.6) is 23.0 Å². The molecule has 2 aliphatic carbocycles. The van der Waals surface area contributed by atoms with E-state index in [-0.39, 0.29) is 35.2 Å². The Morgan fingerprint density at radius 3 is 1.70 bits per heavy atom. The van der Waals surface area contributed by atoms with Gasteiger partial charge in [-0.25, -0.2) is 0 Å². The minimum atomic E-state index is -0.898. The number of benzene rings is 2. The van der Waals surface area contributed by atoms with Crippen LogP contribution in [0, 0.1) is 46.9 Å². The summed E-state index contributed by atoms with van der Waals surface area (Å²) in [5.41, 5.74) is 3.11. The van der Waals surface area contributed by atoms with E-state index in [9.17, 15) is 17.6 Å². The highest BCUT2D eigenvalue weighted by Gasteiger charge is 2.37. The molecule has 4 heterocycles. The summed E-state index contributed by atoms with van der Waals surface area (Å²) in [4.78, 5) is 0. The first-order chi connectivity index (χ1) is 24.4. The quantitative estimate of drug-likeness (QED) is 0.282. The molecule has 0 radical (unpaired) electrons. The van der Waals surface area contributed by atoms with Gasteiger partial charge in [-0.1, -0.05) is 71.3 Å². The van der Waals surface area contributed by atoms with Gasteiger partial charge in [-0.15, -0.1) is 0 Å². The van der Waals surface area contributed by atoms with Crippen molar-refractivity contribution in [3.05, 3.63) is 51.6 Å². The highest BCUT2D eigenvalue weighted by Crippen LogP contribution is 2.47. The van der Waals surface area contributed by atoms with Gasteiger partial charge in [0.1, 0.15) is 12.2 Å². The van der Waals surface area contributed by atoms with Gasteiger partial charge in [-0.3, -0.25) is 0 Å². The van der Waals surface area contributed by atoms with Gasteiger partial charge in [0.2, 0.25) is 23.3 Å². The summed E-state index contributed by atoms with van der Waals surface area (Å²) >= 11 is 0. The van der Waals surface area contributed by atoms with E-state index in [2.05, 4.69) is 13.8 Å². The van der Waals surface area contributed by atoms with E-state index in [0.717, 1.165) is 86.3 Å². The van der Waals surface area contributed by atoms with E-state index in [1.807, 2.05) is 12.2 Å². The van der Waals surface area contributed by atoms with Crippen LogP contribution >= 0.6 is 0 Å². The zero-order chi connectivity index (χ0) is 34.8. The number of rotatable bonds is 6. The van der Waals surface area contributed by atoms with E-state index in [1.54, 1.807) is 0 Å². The van der Waals surface area contributed by atoms with Crippen LogP contribution in [-0.2, 0) is 19.3 Å². The van der Waals surface area contributed by atoms with E-state index in [0.29, 0.717) is 37.0 Å². The second kappa shape index (κ2) is 15.8. The molecule has 2 aromatic rings. The first-order valence-electron chi connectivity index (χ1n) is 19.7. The lowest BCUT2D eigenvalue weighted by Gasteiger charge is -2.37. The minimum Gasteiger partial charge on any atom is -0.490 e. The number of hydrogen-bond donors (Lipinski definition) is 0. The van der Waals surface area contributed by atoms with Crippen LogP contribution < -0.4 is 18.9 Å². The maximum Gasteiger partial charge on any atom is 0.205 e. The molecule has 0 N–H and O–H groups in total. The summed E-state index contributed by atoms with van der Waals surface area (Å²) in [7, 11) is 0. The molecule has 8 heteroatoms. The lowest BCUT2D eigenvalue weighted by Crippen LogP contribution is -2.34. The van der Waals surface area contributed by atoms with Crippen molar-refractivity contribution in [1.82, 2.24) is 0 Å². The summed E-state index contributed by atoms with van der Waals surface area (Å²) in [6, 6.07) is 0. The van der Waals surface area contributed by atoms with Crippen molar-refractivity contribution in [2.24, 2.45) is 23.7 Å². The van der Waals surface area contributed by atoms with Crippen LogP contribution in [-0.4, -0.2) is 25.4 Å². The summed E-state index contributed by atoms with van der Waals surface area (Å²) in [5.74, 6) is -0.490. The Morgan fingerprint density at radius 1 is 0.560 bits per heavy atom. The lowest BCUT2D eigenvalue weighted by atomic mass is 9.76. The first-order valence-corrected chi connectivity index (χ1v) is 19.7. The first kappa shape index (κ1) is 35.5. The molecule has 2 unspecified atom stereocenters. The smallest absolute Gasteiger partial charge is 0.205 e. The fourth-order valence-electron chi connectivity index (χ4n) is 9.71. The predicted octanol–water partition coefficient (Wildman–Crippen LogP) is 11.3. The van der Waals surface area contributed by atoms with Crippen molar-refractivity contribution in [3.8, 4) is 23.0 Å². The molecule has 2 atom stereocenters. The highest BCUT2D eigenvalue weighted by molar-refractivity contribution is 5.68. The second-order valence-electron chi connectivity index (χ2n) is 15.6. The number of fused-ring (bicyclic) bond motifs is 6. The molecule has 0 amide bonds. The Labute approximate surface area is 295 Å². The third kappa shape index (κ3) is 7.11. The zero-order valence-corrected chi connectivity index (χ0v) is 29.9. The molecule has 0 aromatic heterocycles. The number of halogens is 4. The van der Waals surface area contributed by atoms with Gasteiger partial charge in [0.15, 0.2) is 23.0 Å². The van der Waals surface area contributed by atoms with Crippen molar-refractivity contribution < 1.29 is 36.5 Å². The fraction of sp³-hybridized carbons (Fsp3) is 0.667. The van der Waals surface area contributed by atoms with Gasteiger partial charge in [-0.2, -0.15) is 17.6 Å². The SMILES string of the molecule is CCCC1CCC(C2C=Cc3c4c(c(F)c(F)c3O2)OCCC4)CC1.CCCC1CCC(C2CCc3c4c(c(F)c(F)c3O2)OCCC4)CC1. The van der Waals surface area contributed by atoms with E-state index >= 15 is 0 Å². The van der Waals surface area contributed by atoms with Crippen LogP contribution in [0.25, 0.3) is 6.08 Å². The highest BCUT2D eigenvalue weighted by atomic mass is 19.2. The second-order valence-corrected chi connectivity index (χ2v) is 15.6. The van der Waals surface area contributed by atoms with Crippen LogP contribution in [0.2, 0.25) is 0 Å². The lowest BCUT2D eigenvalue weighted by molar-refractivity contribution is 0.0700. The van der Waals surface area contributed by atoms with Gasteiger partial charge in [0.05, 0.1) is 13.2 Å². The van der Waals surface area contributed by atoms with Gasteiger partial charge < -0.3 is 18.9 Å². The molecule has 4 nitrogen and oxygen atoms in total. The van der Waals surface area contributed by atoms with Crippen molar-refractivity contribution >= 4 is 6.08 Å². The largest absolute Gasteiger partial charge is 0.490 e. The standard InChI is InChI=1S/C21H28F2O2.C21H26F2O2/c2*1-2-4-13-6-8-14(9-7-13)17-11-10-16-15-5-3-12-24-20(15)18(22)19(23)21(16)25-17/h13-14,17H,2-12H2,1H3;10-11,13-14,17H,2-9,12H2,1H3. The fourth-order valence-corrected chi connectivity index (χ4v) is 9.71. The molecule has 0 bridgehead atoms. The zero-order valence-electron chi connectivity index (χ0n) is 29.9. The summed E-state index contributed by atoms with van der Waals surface area (Å²) in [5, 5.41) is 0. The van der Waals surface area contributed by atoms with Gasteiger partial charge in [0, 0.05) is 22.3 Å². The van der Waals surface area contributed by atoms with Crippen LogP contribution in [0.4, 0.5) is 17.6 Å². The molecular formula is C42H54F4O4. The van der Waals surface area contributed by atoms with E-state index < -0.39 is 23.3 Å². The molecule has 2 saturated carbocycles. The Bertz CT molecular complexity index is 1540. The Hall–Kier alpha value is -2.90. The maximum absolute atomic E-state index is 14.6. The Balaban J connectivity index is 0.000000157. The normalized spacial score (nSPS) is 28.2. The van der Waals surface area contributed by atoms with Crippen LogP contribution in [0.15, 0.2) is 6.08 Å². The maximum atomic E-state index is 14.6. The molecule has 50 heavy (non-hydrogen) atoms. The number of ether oxygens (including phenoxy) is 4. The molecule has 6 aliphatic rings. The van der Waals surface area contributed by atoms with Gasteiger partial charge >= 0.3 is 0 Å². The van der Waals surface area contributed by atoms with Crippen molar-refractivity contribution in [1.29, 1.82) is 0 Å². The molecule has 0 saturated heterocycles. The minimum absolute atomic E-state index is 0.0338. The third-order valence-electron chi connectivity index (χ3n) is 12.4. The molecule has 0 spiro atoms. The third-order valence-corrected chi connectivity index (χ3v) is 12.4. The van der Waals surface area contributed by atoms with Crippen LogP contribution in [0.3, 0.4) is 0 Å². The van der Waals surface area contributed by atoms with Gasteiger partial charge in [0.25, 0.3) is 0 Å². The molecule has 8 rings (SSSR count). The van der Waals surface area contributed by atoms with E-state index in [4.69, 9.17) is 18.9 Å². The van der Waals surface area contributed by atoms with Crippen LogP contribution in [0.1, 0.15) is 132 Å². The molecule has 4 aliphatic heterocycles. The van der Waals surface area contributed by atoms with Crippen molar-refractivity contribution in [2.45, 2.75) is 142 Å². The summed E-state index contributed by atoms with van der Waals surface area (Å²) in [6.07, 6.45) is 23.2. The van der Waals surface area contributed by atoms with E-state index in [1.165, 1.54) is 51.4 Å². The van der Waals surface area contributed by atoms with Gasteiger partial charge in [-0.05, 0) is 94.0 Å². The predicted molar refractivity (Wildman–Crippen MR) is 187 cm³/mol. The van der Waals surface area contributed by atoms with Crippen molar-refractivity contribution in [2.75, 3.05) is 13.2 Å². The topological polar surface area (TPSA) is 36.9 Å². The molecule has 2 fully saturated rings. The summed E-state index contributed by atoms with van der Waals surface area (Å²) in [6.45, 7) is 5.38. The average Bonchev–Trinajstić information content (AvgIpc) is 3.17. The summed E-state index contributed by atoms with van der Waals surface area (Å²) < 4.78 is 80.8. The van der Waals surface area contributed by atoms with Crippen molar-refractivity contribution in [3.63, 3.8) is 0 Å². The Morgan fingerprint density at radius 2 is 1.08 bits per heavy atom. The Kier molecular flexibility index (Phi) is 11.2. The average molecular weight is 699 g/mol. The molecular weight excluding hydrogens is 644 g/mol. The molecule has 274 valence electrons. The molecule has 2 aromatic carbocycles. The monoisotopic (exact) mass is 698 g/mol. The number of hydrogen-bond acceptors (Lipinski definition) is 4.